The molecule has 1 nitrogen and oxygen atoms in total. The molecule has 0 aromatic heterocycles. The second-order valence-electron chi connectivity index (χ2n) is 4.66. The molecule has 2 rings (SSSR count). The topological polar surface area (TPSA) is 12.0 Å². The maximum Gasteiger partial charge on any atom is 0.0453 e. The number of hydrogen-bond donors (Lipinski definition) is 1. The molecule has 0 heterocycles. The summed E-state index contributed by atoms with van der Waals surface area (Å²) in [5, 5.41) is 4.80. The molecule has 1 atom stereocenters. The molecular weight excluding hydrogens is 389 g/mol. The van der Waals surface area contributed by atoms with Gasteiger partial charge in [-0.3, -0.25) is 0 Å². The lowest BCUT2D eigenvalue weighted by Crippen LogP contribution is -2.30. The van der Waals surface area contributed by atoms with E-state index in [-0.39, 0.29) is 0 Å². The molecule has 5 heteroatoms. The minimum atomic E-state index is 0.311. The second-order valence-corrected chi connectivity index (χ2v) is 7.48. The molecule has 21 heavy (non-hydrogen) atoms. The zero-order chi connectivity index (χ0) is 15.2. The summed E-state index contributed by atoms with van der Waals surface area (Å²) in [4.78, 5) is 1.25. The Kier molecular flexibility index (Phi) is 6.90. The highest BCUT2D eigenvalue weighted by molar-refractivity contribution is 9.10. The SMILES string of the molecule is CNC(CSc1cccc(Br)c1)Cc1c(Cl)cccc1Cl. The van der Waals surface area contributed by atoms with Gasteiger partial charge >= 0.3 is 0 Å². The van der Waals surface area contributed by atoms with Crippen LogP contribution in [-0.4, -0.2) is 18.8 Å². The highest BCUT2D eigenvalue weighted by atomic mass is 79.9. The van der Waals surface area contributed by atoms with E-state index in [9.17, 15) is 0 Å². The predicted molar refractivity (Wildman–Crippen MR) is 97.9 cm³/mol. The number of rotatable bonds is 6. The minimum absolute atomic E-state index is 0.311. The van der Waals surface area contributed by atoms with Crippen LogP contribution in [0.4, 0.5) is 0 Å². The molecule has 2 aromatic rings. The zero-order valence-corrected chi connectivity index (χ0v) is 15.5. The van der Waals surface area contributed by atoms with Crippen LogP contribution in [0.2, 0.25) is 10.0 Å². The Morgan fingerprint density at radius 2 is 1.81 bits per heavy atom. The van der Waals surface area contributed by atoms with Crippen molar-refractivity contribution in [2.45, 2.75) is 17.4 Å². The van der Waals surface area contributed by atoms with Crippen molar-refractivity contribution in [2.75, 3.05) is 12.8 Å². The minimum Gasteiger partial charge on any atom is -0.316 e. The molecule has 0 aliphatic carbocycles. The largest absolute Gasteiger partial charge is 0.316 e. The molecule has 0 fully saturated rings. The molecule has 112 valence electrons. The van der Waals surface area contributed by atoms with Gasteiger partial charge in [-0.2, -0.15) is 0 Å². The van der Waals surface area contributed by atoms with Crippen LogP contribution in [0.5, 0.6) is 0 Å². The number of hydrogen-bond acceptors (Lipinski definition) is 2. The first kappa shape index (κ1) is 17.2. The van der Waals surface area contributed by atoms with Gasteiger partial charge in [-0.25, -0.2) is 0 Å². The van der Waals surface area contributed by atoms with Gasteiger partial charge in [-0.05, 0) is 49.4 Å². The summed E-state index contributed by atoms with van der Waals surface area (Å²) in [6.45, 7) is 0. The van der Waals surface area contributed by atoms with Crippen molar-refractivity contribution in [1.82, 2.24) is 5.32 Å². The third-order valence-corrected chi connectivity index (χ3v) is 5.53. The number of nitrogens with one attached hydrogen (secondary N) is 1. The van der Waals surface area contributed by atoms with Gasteiger partial charge in [0.05, 0.1) is 0 Å². The van der Waals surface area contributed by atoms with Crippen molar-refractivity contribution in [3.05, 3.63) is 62.5 Å². The van der Waals surface area contributed by atoms with Crippen LogP contribution < -0.4 is 5.32 Å². The highest BCUT2D eigenvalue weighted by Crippen LogP contribution is 2.28. The quantitative estimate of drug-likeness (QED) is 0.621. The Labute approximate surface area is 148 Å². The van der Waals surface area contributed by atoms with Crippen LogP contribution in [0.1, 0.15) is 5.56 Å². The summed E-state index contributed by atoms with van der Waals surface area (Å²) in [6, 6.07) is 14.3. The molecular formula is C16H16BrCl2NS. The summed E-state index contributed by atoms with van der Waals surface area (Å²) in [7, 11) is 1.97. The van der Waals surface area contributed by atoms with Crippen LogP contribution in [0.25, 0.3) is 0 Å². The normalized spacial score (nSPS) is 12.4. The molecule has 0 amide bonds. The molecule has 0 aliphatic heterocycles. The molecule has 0 aliphatic rings. The van der Waals surface area contributed by atoms with Gasteiger partial charge in [0, 0.05) is 31.2 Å². The smallest absolute Gasteiger partial charge is 0.0453 e. The predicted octanol–water partition coefficient (Wildman–Crippen LogP) is 5.68. The van der Waals surface area contributed by atoms with Gasteiger partial charge in [0.15, 0.2) is 0 Å². The molecule has 1 N–H and O–H groups in total. The van der Waals surface area contributed by atoms with Gasteiger partial charge in [-0.15, -0.1) is 11.8 Å². The fourth-order valence-electron chi connectivity index (χ4n) is 1.97. The van der Waals surface area contributed by atoms with Crippen LogP contribution in [0.15, 0.2) is 51.8 Å². The third kappa shape index (κ3) is 5.19. The lowest BCUT2D eigenvalue weighted by Gasteiger charge is -2.17. The van der Waals surface area contributed by atoms with Crippen molar-refractivity contribution in [3.8, 4) is 0 Å². The summed E-state index contributed by atoms with van der Waals surface area (Å²) in [6.07, 6.45) is 0.815. The van der Waals surface area contributed by atoms with Crippen LogP contribution >= 0.6 is 50.9 Å². The van der Waals surface area contributed by atoms with Crippen molar-refractivity contribution >= 4 is 50.9 Å². The lowest BCUT2D eigenvalue weighted by atomic mass is 10.1. The van der Waals surface area contributed by atoms with E-state index in [1.807, 2.05) is 49.1 Å². The number of likely N-dealkylation sites (N-methyl/N-ethyl adjacent to an activating group) is 1. The fraction of sp³-hybridized carbons (Fsp3) is 0.250. The molecule has 2 aromatic carbocycles. The number of benzene rings is 2. The Hall–Kier alpha value is -0.190. The number of halogens is 3. The monoisotopic (exact) mass is 403 g/mol. The molecule has 0 radical (unpaired) electrons. The van der Waals surface area contributed by atoms with E-state index in [0.717, 1.165) is 32.3 Å². The average molecular weight is 405 g/mol. The van der Waals surface area contributed by atoms with E-state index in [1.54, 1.807) is 0 Å². The second kappa shape index (κ2) is 8.44. The summed E-state index contributed by atoms with van der Waals surface area (Å²) in [5.41, 5.74) is 1.01. The van der Waals surface area contributed by atoms with E-state index >= 15 is 0 Å². The first-order chi connectivity index (χ1) is 10.1. The van der Waals surface area contributed by atoms with E-state index in [2.05, 4.69) is 33.4 Å². The van der Waals surface area contributed by atoms with E-state index in [1.165, 1.54) is 4.90 Å². The van der Waals surface area contributed by atoms with Gasteiger partial charge < -0.3 is 5.32 Å². The molecule has 0 bridgehead atoms. The Bertz CT molecular complexity index is 586. The van der Waals surface area contributed by atoms with E-state index in [4.69, 9.17) is 23.2 Å². The standard InChI is InChI=1S/C16H16BrCl2NS/c1-20-12(9-14-15(18)6-3-7-16(14)19)10-21-13-5-2-4-11(17)8-13/h2-8,12,20H,9-10H2,1H3. The van der Waals surface area contributed by atoms with E-state index in [0.29, 0.717) is 6.04 Å². The number of thioether (sulfide) groups is 1. The summed E-state index contributed by atoms with van der Waals surface area (Å²) in [5.74, 6) is 0.953. The molecule has 1 unspecified atom stereocenters. The van der Waals surface area contributed by atoms with Gasteiger partial charge in [-0.1, -0.05) is 51.3 Å². The summed E-state index contributed by atoms with van der Waals surface area (Å²) >= 11 is 17.8. The van der Waals surface area contributed by atoms with Gasteiger partial charge in [0.25, 0.3) is 0 Å². The van der Waals surface area contributed by atoms with Crippen LogP contribution in [0, 0.1) is 0 Å². The Morgan fingerprint density at radius 3 is 2.43 bits per heavy atom. The lowest BCUT2D eigenvalue weighted by molar-refractivity contribution is 0.617. The maximum atomic E-state index is 6.24. The van der Waals surface area contributed by atoms with Crippen molar-refractivity contribution in [2.24, 2.45) is 0 Å². The maximum absolute atomic E-state index is 6.24. The van der Waals surface area contributed by atoms with Gasteiger partial charge in [0.1, 0.15) is 0 Å². The van der Waals surface area contributed by atoms with Crippen molar-refractivity contribution in [3.63, 3.8) is 0 Å². The van der Waals surface area contributed by atoms with Crippen molar-refractivity contribution < 1.29 is 0 Å². The fourth-order valence-corrected chi connectivity index (χ4v) is 4.14. The molecule has 0 saturated carbocycles. The molecule has 0 saturated heterocycles. The zero-order valence-electron chi connectivity index (χ0n) is 11.6. The van der Waals surface area contributed by atoms with Gasteiger partial charge in [0.2, 0.25) is 0 Å². The van der Waals surface area contributed by atoms with Crippen LogP contribution in [0.3, 0.4) is 0 Å². The first-order valence-electron chi connectivity index (χ1n) is 6.58. The first-order valence-corrected chi connectivity index (χ1v) is 9.12. The van der Waals surface area contributed by atoms with E-state index < -0.39 is 0 Å². The Morgan fingerprint density at radius 1 is 1.14 bits per heavy atom. The molecule has 0 spiro atoms. The van der Waals surface area contributed by atoms with Crippen LogP contribution in [-0.2, 0) is 6.42 Å². The average Bonchev–Trinajstić information content (AvgIpc) is 2.46. The third-order valence-electron chi connectivity index (χ3n) is 3.17. The Balaban J connectivity index is 2.00. The highest BCUT2D eigenvalue weighted by Gasteiger charge is 2.13. The summed E-state index contributed by atoms with van der Waals surface area (Å²) < 4.78 is 1.10. The van der Waals surface area contributed by atoms with Crippen molar-refractivity contribution in [1.29, 1.82) is 0 Å².